The van der Waals surface area contributed by atoms with E-state index in [0.29, 0.717) is 21.9 Å². The molecule has 1 fully saturated rings. The molecular formula is C21H18N2O3S. The van der Waals surface area contributed by atoms with E-state index in [9.17, 15) is 15.2 Å². The lowest BCUT2D eigenvalue weighted by Crippen LogP contribution is -2.48. The van der Waals surface area contributed by atoms with Crippen LogP contribution in [0.1, 0.15) is 23.5 Å². The summed E-state index contributed by atoms with van der Waals surface area (Å²) < 4.78 is 5.19. The molecule has 2 aromatic carbocycles. The molecule has 2 heterocycles. The number of ether oxygens (including phenoxy) is 1. The second-order valence-electron chi connectivity index (χ2n) is 6.56. The molecule has 6 heteroatoms. The van der Waals surface area contributed by atoms with Crippen LogP contribution in [0.3, 0.4) is 0 Å². The molecule has 136 valence electrons. The summed E-state index contributed by atoms with van der Waals surface area (Å²) in [6.45, 7) is 0. The van der Waals surface area contributed by atoms with E-state index in [1.165, 1.54) is 16.7 Å². The Bertz CT molecular complexity index is 950. The first-order valence-corrected chi connectivity index (χ1v) is 9.59. The maximum Gasteiger partial charge on any atom is 0.231 e. The molecule has 5 nitrogen and oxygen atoms in total. The third-order valence-corrected chi connectivity index (χ3v) is 6.29. The third-order valence-electron chi connectivity index (χ3n) is 5.06. The number of hydrogen-bond acceptors (Lipinski definition) is 5. The average molecular weight is 378 g/mol. The van der Waals surface area contributed by atoms with E-state index in [2.05, 4.69) is 6.07 Å². The molecule has 2 aliphatic rings. The van der Waals surface area contributed by atoms with Crippen LogP contribution >= 0.6 is 11.8 Å². The zero-order valence-corrected chi connectivity index (χ0v) is 15.6. The zero-order valence-electron chi connectivity index (χ0n) is 14.8. The van der Waals surface area contributed by atoms with Crippen LogP contribution in [-0.2, 0) is 10.5 Å². The maximum absolute atomic E-state index is 13.0. The summed E-state index contributed by atoms with van der Waals surface area (Å²) in [4.78, 5) is 14.4. The average Bonchev–Trinajstić information content (AvgIpc) is 3.08. The summed E-state index contributed by atoms with van der Waals surface area (Å²) in [5.74, 6) is 0.535. The van der Waals surface area contributed by atoms with E-state index in [4.69, 9.17) is 4.74 Å². The first kappa shape index (κ1) is 17.7. The van der Waals surface area contributed by atoms with Crippen molar-refractivity contribution < 1.29 is 14.6 Å². The monoisotopic (exact) mass is 378 g/mol. The molecule has 2 aromatic rings. The Hall–Kier alpha value is -2.75. The lowest BCUT2D eigenvalue weighted by molar-refractivity contribution is -0.149. The summed E-state index contributed by atoms with van der Waals surface area (Å²) in [5.41, 5.74) is 0.645. The van der Waals surface area contributed by atoms with Gasteiger partial charge in [0.15, 0.2) is 5.72 Å². The number of thioether (sulfide) groups is 1. The minimum absolute atomic E-state index is 0.147. The summed E-state index contributed by atoms with van der Waals surface area (Å²) in [6, 6.07) is 18.8. The van der Waals surface area contributed by atoms with E-state index in [1.54, 1.807) is 19.2 Å². The Morgan fingerprint density at radius 2 is 1.93 bits per heavy atom. The van der Waals surface area contributed by atoms with Gasteiger partial charge in [0, 0.05) is 17.9 Å². The molecule has 0 aliphatic carbocycles. The second-order valence-corrected chi connectivity index (χ2v) is 7.53. The normalized spacial score (nSPS) is 24.6. The van der Waals surface area contributed by atoms with Crippen LogP contribution < -0.4 is 4.74 Å². The molecule has 4 rings (SSSR count). The molecule has 0 radical (unpaired) electrons. The van der Waals surface area contributed by atoms with Crippen molar-refractivity contribution in [3.63, 3.8) is 0 Å². The molecule has 2 aliphatic heterocycles. The van der Waals surface area contributed by atoms with E-state index in [0.717, 1.165) is 11.3 Å². The highest BCUT2D eigenvalue weighted by molar-refractivity contribution is 8.03. The Kier molecular flexibility index (Phi) is 4.42. The first-order valence-electron chi connectivity index (χ1n) is 8.60. The van der Waals surface area contributed by atoms with E-state index < -0.39 is 5.72 Å². The fourth-order valence-electron chi connectivity index (χ4n) is 3.66. The minimum atomic E-state index is -1.43. The number of fused-ring (bicyclic) bond motifs is 1. The number of aliphatic hydroxyl groups is 1. The largest absolute Gasteiger partial charge is 0.497 e. The third kappa shape index (κ3) is 2.80. The van der Waals surface area contributed by atoms with E-state index >= 15 is 0 Å². The number of nitrogens with zero attached hydrogens (tertiary/aromatic N) is 2. The fourth-order valence-corrected chi connectivity index (χ4v) is 5.02. The number of benzene rings is 2. The van der Waals surface area contributed by atoms with E-state index in [-0.39, 0.29) is 18.2 Å². The van der Waals surface area contributed by atoms with Gasteiger partial charge in [-0.2, -0.15) is 5.26 Å². The summed E-state index contributed by atoms with van der Waals surface area (Å²) in [7, 11) is 1.60. The summed E-state index contributed by atoms with van der Waals surface area (Å²) in [5, 5.41) is 21.7. The van der Waals surface area contributed by atoms with Gasteiger partial charge in [-0.1, -0.05) is 42.5 Å². The molecule has 0 saturated carbocycles. The Balaban J connectivity index is 1.78. The molecule has 2 atom stereocenters. The number of methoxy groups -OCH3 is 1. The summed E-state index contributed by atoms with van der Waals surface area (Å²) in [6.07, 6.45) is 0.147. The first-order chi connectivity index (χ1) is 13.1. The van der Waals surface area contributed by atoms with Crippen LogP contribution in [0.2, 0.25) is 0 Å². The number of hydrogen-bond donors (Lipinski definition) is 1. The number of nitriles is 1. The molecule has 1 amide bonds. The Morgan fingerprint density at radius 3 is 2.56 bits per heavy atom. The SMILES string of the molecule is COc1ccc([C@@H]2CC(=O)N3C(=C2C#N)SC[C@@]3(O)c2ccccc2)cc1. The smallest absolute Gasteiger partial charge is 0.231 e. The Morgan fingerprint density at radius 1 is 1.22 bits per heavy atom. The quantitative estimate of drug-likeness (QED) is 0.887. The van der Waals surface area contributed by atoms with Gasteiger partial charge in [-0.3, -0.25) is 9.69 Å². The molecule has 0 spiro atoms. The number of amides is 1. The van der Waals surface area contributed by atoms with Crippen LogP contribution in [-0.4, -0.2) is 28.8 Å². The van der Waals surface area contributed by atoms with Crippen molar-refractivity contribution in [2.45, 2.75) is 18.1 Å². The van der Waals surface area contributed by atoms with Gasteiger partial charge < -0.3 is 9.84 Å². The van der Waals surface area contributed by atoms with Crippen LogP contribution in [0.5, 0.6) is 5.75 Å². The molecule has 1 saturated heterocycles. The second kappa shape index (κ2) is 6.76. The number of carbonyl (C=O) groups is 1. The van der Waals surface area contributed by atoms with Gasteiger partial charge in [0.1, 0.15) is 5.75 Å². The molecular weight excluding hydrogens is 360 g/mol. The number of rotatable bonds is 3. The van der Waals surface area contributed by atoms with Gasteiger partial charge >= 0.3 is 0 Å². The van der Waals surface area contributed by atoms with Gasteiger partial charge in [0.05, 0.1) is 29.5 Å². The molecule has 0 unspecified atom stereocenters. The van der Waals surface area contributed by atoms with Gasteiger partial charge in [-0.25, -0.2) is 0 Å². The lowest BCUT2D eigenvalue weighted by atomic mass is 9.85. The highest BCUT2D eigenvalue weighted by atomic mass is 32.2. The van der Waals surface area contributed by atoms with E-state index in [1.807, 2.05) is 42.5 Å². The molecule has 0 bridgehead atoms. The molecule has 27 heavy (non-hydrogen) atoms. The van der Waals surface area contributed by atoms with Crippen molar-refractivity contribution in [3.8, 4) is 11.8 Å². The van der Waals surface area contributed by atoms with Gasteiger partial charge in [-0.15, -0.1) is 11.8 Å². The predicted octanol–water partition coefficient (Wildman–Crippen LogP) is 3.34. The fraction of sp³-hybridized carbons (Fsp3) is 0.238. The van der Waals surface area contributed by atoms with Crippen molar-refractivity contribution in [1.29, 1.82) is 5.26 Å². The van der Waals surface area contributed by atoms with Crippen molar-refractivity contribution in [3.05, 3.63) is 76.3 Å². The van der Waals surface area contributed by atoms with Gasteiger partial charge in [0.25, 0.3) is 0 Å². The topological polar surface area (TPSA) is 73.6 Å². The van der Waals surface area contributed by atoms with Crippen molar-refractivity contribution in [2.75, 3.05) is 12.9 Å². The minimum Gasteiger partial charge on any atom is -0.497 e. The van der Waals surface area contributed by atoms with Crippen LogP contribution in [0, 0.1) is 11.3 Å². The highest BCUT2D eigenvalue weighted by Gasteiger charge is 2.51. The van der Waals surface area contributed by atoms with Crippen molar-refractivity contribution in [1.82, 2.24) is 4.90 Å². The van der Waals surface area contributed by atoms with Gasteiger partial charge in [0.2, 0.25) is 5.91 Å². The Labute approximate surface area is 161 Å². The number of allylic oxidation sites excluding steroid dienone is 1. The van der Waals surface area contributed by atoms with Crippen LogP contribution in [0.4, 0.5) is 0 Å². The molecule has 0 aromatic heterocycles. The number of carbonyl (C=O) groups excluding carboxylic acids is 1. The highest BCUT2D eigenvalue weighted by Crippen LogP contribution is 2.51. The lowest BCUT2D eigenvalue weighted by Gasteiger charge is -2.38. The maximum atomic E-state index is 13.0. The summed E-state index contributed by atoms with van der Waals surface area (Å²) >= 11 is 1.36. The van der Waals surface area contributed by atoms with Crippen LogP contribution in [0.15, 0.2) is 65.2 Å². The van der Waals surface area contributed by atoms with Crippen molar-refractivity contribution in [2.24, 2.45) is 0 Å². The van der Waals surface area contributed by atoms with Crippen molar-refractivity contribution >= 4 is 17.7 Å². The molecule has 1 N–H and O–H groups in total. The zero-order chi connectivity index (χ0) is 19.0. The standard InChI is InChI=1S/C21H18N2O3S/c1-26-16-9-7-14(8-10-16)17-11-19(24)23-20(18(17)12-22)27-13-21(23,25)15-5-3-2-4-6-15/h2-10,17,25H,11,13H2,1H3/t17-,21+/m0/s1. The van der Waals surface area contributed by atoms with Crippen LogP contribution in [0.25, 0.3) is 0 Å². The van der Waals surface area contributed by atoms with Gasteiger partial charge in [-0.05, 0) is 17.7 Å². The predicted molar refractivity (Wildman–Crippen MR) is 103 cm³/mol.